The fraction of sp³-hybridized carbons (Fsp3) is 0.947. The second kappa shape index (κ2) is 70.5. The standard InChI is InChI=1S/C76H148O17P2/c1-5-9-13-17-21-25-29-32-34-35-36-37-38-40-43-47-51-55-59-63-76(81)93-72(67-87-74(79)61-57-53-49-45-42-39-33-30-26-22-18-14-10-6-2)69-91-95(84,85)89-65-70(77)64-88-94(82,83)90-68-71(66-86-73(78)60-56-52-48-44-28-24-20-16-12-8-4)92-75(80)62-58-54-50-46-41-31-27-23-19-15-11-7-3/h70-72,77H,5-69H2,1-4H3,(H,82,83)(H,84,85)/t70-,71+,72+/m0/s1. The van der Waals surface area contributed by atoms with Crippen LogP contribution in [0.3, 0.4) is 0 Å². The Labute approximate surface area is 581 Å². The summed E-state index contributed by atoms with van der Waals surface area (Å²) in [5, 5.41) is 10.6. The van der Waals surface area contributed by atoms with Crippen molar-refractivity contribution < 1.29 is 80.2 Å². The highest BCUT2D eigenvalue weighted by molar-refractivity contribution is 7.47. The fourth-order valence-corrected chi connectivity index (χ4v) is 13.3. The first-order chi connectivity index (χ1) is 46.2. The van der Waals surface area contributed by atoms with Crippen molar-refractivity contribution in [2.75, 3.05) is 39.6 Å². The van der Waals surface area contributed by atoms with Gasteiger partial charge in [0.2, 0.25) is 0 Å². The van der Waals surface area contributed by atoms with Crippen molar-refractivity contribution >= 4 is 39.5 Å². The van der Waals surface area contributed by atoms with Crippen LogP contribution < -0.4 is 0 Å². The molecule has 0 aliphatic carbocycles. The predicted octanol–water partition coefficient (Wildman–Crippen LogP) is 22.6. The zero-order valence-electron chi connectivity index (χ0n) is 61.6. The molecule has 0 rings (SSSR count). The number of carbonyl (C=O) groups excluding carboxylic acids is 4. The highest BCUT2D eigenvalue weighted by atomic mass is 31.2. The second-order valence-electron chi connectivity index (χ2n) is 27.4. The number of phosphoric ester groups is 2. The molecule has 19 heteroatoms. The summed E-state index contributed by atoms with van der Waals surface area (Å²) < 4.78 is 68.5. The molecule has 0 aliphatic rings. The van der Waals surface area contributed by atoms with Gasteiger partial charge in [-0.3, -0.25) is 37.3 Å². The van der Waals surface area contributed by atoms with Gasteiger partial charge in [0.1, 0.15) is 19.3 Å². The number of esters is 4. The highest BCUT2D eigenvalue weighted by Gasteiger charge is 2.30. The fourth-order valence-electron chi connectivity index (χ4n) is 11.8. The number of unbranched alkanes of at least 4 members (excludes halogenated alkanes) is 51. The normalized spacial score (nSPS) is 13.9. The summed E-state index contributed by atoms with van der Waals surface area (Å²) in [5.41, 5.74) is 0. The van der Waals surface area contributed by atoms with Gasteiger partial charge < -0.3 is 33.8 Å². The lowest BCUT2D eigenvalue weighted by Gasteiger charge is -2.21. The molecule has 2 unspecified atom stereocenters. The van der Waals surface area contributed by atoms with E-state index in [4.69, 9.17) is 37.0 Å². The van der Waals surface area contributed by atoms with E-state index >= 15 is 0 Å². The number of aliphatic hydroxyl groups is 1. The summed E-state index contributed by atoms with van der Waals surface area (Å²) in [7, 11) is -9.91. The van der Waals surface area contributed by atoms with Gasteiger partial charge in [0.25, 0.3) is 0 Å². The van der Waals surface area contributed by atoms with Crippen LogP contribution in [-0.2, 0) is 65.4 Å². The van der Waals surface area contributed by atoms with E-state index in [1.54, 1.807) is 0 Å². The van der Waals surface area contributed by atoms with E-state index in [-0.39, 0.29) is 25.7 Å². The Balaban J connectivity index is 5.22. The zero-order chi connectivity index (χ0) is 69.7. The number of aliphatic hydroxyl groups excluding tert-OH is 1. The van der Waals surface area contributed by atoms with Crippen LogP contribution >= 0.6 is 15.6 Å². The number of rotatable bonds is 77. The summed E-state index contributed by atoms with van der Waals surface area (Å²) in [6.07, 6.45) is 60.9. The Morgan fingerprint density at radius 2 is 0.421 bits per heavy atom. The number of hydrogen-bond acceptors (Lipinski definition) is 15. The van der Waals surface area contributed by atoms with Crippen LogP contribution in [0.5, 0.6) is 0 Å². The lowest BCUT2D eigenvalue weighted by Crippen LogP contribution is -2.30. The van der Waals surface area contributed by atoms with Crippen molar-refractivity contribution in [3.63, 3.8) is 0 Å². The van der Waals surface area contributed by atoms with Crippen LogP contribution in [0.15, 0.2) is 0 Å². The third kappa shape index (κ3) is 70.3. The largest absolute Gasteiger partial charge is 0.472 e. The van der Waals surface area contributed by atoms with Crippen molar-refractivity contribution in [3.05, 3.63) is 0 Å². The molecule has 0 fully saturated rings. The van der Waals surface area contributed by atoms with Gasteiger partial charge in [0.15, 0.2) is 12.2 Å². The lowest BCUT2D eigenvalue weighted by molar-refractivity contribution is -0.161. The molecule has 0 aliphatic heterocycles. The maximum atomic E-state index is 13.1. The number of hydrogen-bond donors (Lipinski definition) is 3. The molecule has 0 saturated carbocycles. The van der Waals surface area contributed by atoms with E-state index in [2.05, 4.69) is 27.7 Å². The molecule has 0 radical (unpaired) electrons. The number of phosphoric acid groups is 2. The average Bonchev–Trinajstić information content (AvgIpc) is 1.92. The van der Waals surface area contributed by atoms with Crippen molar-refractivity contribution in [1.82, 2.24) is 0 Å². The molecule has 0 saturated heterocycles. The van der Waals surface area contributed by atoms with Crippen LogP contribution in [-0.4, -0.2) is 96.7 Å². The van der Waals surface area contributed by atoms with Gasteiger partial charge in [-0.15, -0.1) is 0 Å². The van der Waals surface area contributed by atoms with Gasteiger partial charge in [-0.05, 0) is 25.7 Å². The topological polar surface area (TPSA) is 237 Å². The summed E-state index contributed by atoms with van der Waals surface area (Å²) >= 11 is 0. The molecule has 5 atom stereocenters. The number of carbonyl (C=O) groups is 4. The Bertz CT molecular complexity index is 1810. The molecule has 0 aromatic carbocycles. The molecule has 564 valence electrons. The van der Waals surface area contributed by atoms with Gasteiger partial charge >= 0.3 is 39.5 Å². The molecule has 0 bridgehead atoms. The summed E-state index contributed by atoms with van der Waals surface area (Å²) in [5.74, 6) is -2.11. The minimum absolute atomic E-state index is 0.108. The summed E-state index contributed by atoms with van der Waals surface area (Å²) in [4.78, 5) is 72.8. The minimum atomic E-state index is -4.96. The van der Waals surface area contributed by atoms with E-state index in [1.165, 1.54) is 238 Å². The molecular formula is C76H148O17P2. The van der Waals surface area contributed by atoms with Gasteiger partial charge in [0, 0.05) is 25.7 Å². The SMILES string of the molecule is CCCCCCCCCCCCCCCCCCCCCC(=O)O[C@H](COC(=O)CCCCCCCCCCCCCCCC)COP(=O)(O)OC[C@@H](O)COP(=O)(O)OC[C@@H](COC(=O)CCCCCCCCCCCC)OC(=O)CCCCCCCCCCCCCC. The molecule has 95 heavy (non-hydrogen) atoms. The first kappa shape index (κ1) is 93.1. The third-order valence-corrected chi connectivity index (χ3v) is 19.8. The van der Waals surface area contributed by atoms with E-state index in [0.29, 0.717) is 25.7 Å². The molecule has 3 N–H and O–H groups in total. The smallest absolute Gasteiger partial charge is 0.462 e. The van der Waals surface area contributed by atoms with Gasteiger partial charge in [-0.1, -0.05) is 355 Å². The monoisotopic (exact) mass is 1400 g/mol. The van der Waals surface area contributed by atoms with Crippen molar-refractivity contribution in [2.45, 2.75) is 425 Å². The molecular weight excluding hydrogens is 1250 g/mol. The van der Waals surface area contributed by atoms with E-state index < -0.39 is 97.5 Å². The second-order valence-corrected chi connectivity index (χ2v) is 30.3. The van der Waals surface area contributed by atoms with Crippen LogP contribution in [0, 0.1) is 0 Å². The quantitative estimate of drug-likeness (QED) is 0.0222. The summed E-state index contributed by atoms with van der Waals surface area (Å²) in [6, 6.07) is 0. The maximum absolute atomic E-state index is 13.1. The molecule has 0 aromatic heterocycles. The van der Waals surface area contributed by atoms with E-state index in [1.807, 2.05) is 0 Å². The van der Waals surface area contributed by atoms with Crippen molar-refractivity contribution in [3.8, 4) is 0 Å². The Kier molecular flexibility index (Phi) is 69.1. The lowest BCUT2D eigenvalue weighted by atomic mass is 10.0. The highest BCUT2D eigenvalue weighted by Crippen LogP contribution is 2.45. The van der Waals surface area contributed by atoms with E-state index in [9.17, 15) is 43.2 Å². The van der Waals surface area contributed by atoms with E-state index in [0.717, 1.165) is 89.9 Å². The molecule has 0 heterocycles. The molecule has 0 spiro atoms. The first-order valence-corrected chi connectivity index (χ1v) is 42.8. The van der Waals surface area contributed by atoms with Gasteiger partial charge in [0.05, 0.1) is 26.4 Å². The van der Waals surface area contributed by atoms with Gasteiger partial charge in [-0.25, -0.2) is 9.13 Å². The molecule has 0 amide bonds. The molecule has 17 nitrogen and oxygen atoms in total. The van der Waals surface area contributed by atoms with Crippen molar-refractivity contribution in [1.29, 1.82) is 0 Å². The average molecular weight is 1400 g/mol. The first-order valence-electron chi connectivity index (χ1n) is 39.8. The predicted molar refractivity (Wildman–Crippen MR) is 386 cm³/mol. The Hall–Kier alpha value is -1.94. The third-order valence-electron chi connectivity index (χ3n) is 17.9. The minimum Gasteiger partial charge on any atom is -0.462 e. The van der Waals surface area contributed by atoms with Crippen LogP contribution in [0.25, 0.3) is 0 Å². The number of ether oxygens (including phenoxy) is 4. The Morgan fingerprint density at radius 1 is 0.253 bits per heavy atom. The van der Waals surface area contributed by atoms with Crippen LogP contribution in [0.2, 0.25) is 0 Å². The zero-order valence-corrected chi connectivity index (χ0v) is 63.4. The van der Waals surface area contributed by atoms with Gasteiger partial charge in [-0.2, -0.15) is 0 Å². The molecule has 0 aromatic rings. The Morgan fingerprint density at radius 3 is 0.621 bits per heavy atom. The maximum Gasteiger partial charge on any atom is 0.472 e. The van der Waals surface area contributed by atoms with Crippen molar-refractivity contribution in [2.24, 2.45) is 0 Å². The van der Waals surface area contributed by atoms with Crippen LogP contribution in [0.1, 0.15) is 407 Å². The summed E-state index contributed by atoms with van der Waals surface area (Å²) in [6.45, 7) is 4.99. The van der Waals surface area contributed by atoms with Crippen LogP contribution in [0.4, 0.5) is 0 Å².